The van der Waals surface area contributed by atoms with E-state index in [-0.39, 0.29) is 18.0 Å². The van der Waals surface area contributed by atoms with Gasteiger partial charge in [-0.3, -0.25) is 9.59 Å². The minimum absolute atomic E-state index is 0.172. The number of ketones is 1. The summed E-state index contributed by atoms with van der Waals surface area (Å²) in [4.78, 5) is 22.5. The fraction of sp³-hybridized carbons (Fsp3) is 0.600. The zero-order chi connectivity index (χ0) is 12.8. The molecule has 0 aliphatic carbocycles. The van der Waals surface area contributed by atoms with Crippen LogP contribution in [0.5, 0.6) is 0 Å². The van der Waals surface area contributed by atoms with E-state index in [0.717, 1.165) is 5.82 Å². The van der Waals surface area contributed by atoms with E-state index in [1.54, 1.807) is 11.5 Å². The third-order valence-electron chi connectivity index (χ3n) is 2.06. The topological polar surface area (TPSA) is 74.1 Å². The molecular weight excluding hydrogens is 242 g/mol. The fourth-order valence-electron chi connectivity index (χ4n) is 1.08. The van der Waals surface area contributed by atoms with Gasteiger partial charge in [-0.25, -0.2) is 0 Å². The van der Waals surface area contributed by atoms with Crippen molar-refractivity contribution in [3.63, 3.8) is 0 Å². The van der Waals surface area contributed by atoms with E-state index in [1.807, 2.05) is 14.0 Å². The van der Waals surface area contributed by atoms with Crippen LogP contribution in [0.2, 0.25) is 0 Å². The first-order valence-corrected chi connectivity index (χ1v) is 6.19. The molecular formula is C10H15N3O3S. The van der Waals surface area contributed by atoms with Crippen molar-refractivity contribution in [2.24, 2.45) is 7.05 Å². The maximum absolute atomic E-state index is 11.4. The Bertz CT molecular complexity index is 417. The van der Waals surface area contributed by atoms with Gasteiger partial charge in [-0.2, -0.15) is 0 Å². The molecule has 1 aromatic rings. The minimum Gasteiger partial charge on any atom is -0.466 e. The second kappa shape index (κ2) is 6.39. The lowest BCUT2D eigenvalue weighted by Crippen LogP contribution is -2.13. The van der Waals surface area contributed by atoms with Crippen LogP contribution in [0.3, 0.4) is 0 Å². The highest BCUT2D eigenvalue weighted by atomic mass is 32.2. The first-order valence-electron chi connectivity index (χ1n) is 5.20. The highest BCUT2D eigenvalue weighted by Crippen LogP contribution is 2.15. The van der Waals surface area contributed by atoms with Crippen molar-refractivity contribution in [2.75, 3.05) is 12.4 Å². The van der Waals surface area contributed by atoms with Crippen LogP contribution in [0.1, 0.15) is 19.2 Å². The Labute approximate surface area is 104 Å². The van der Waals surface area contributed by atoms with Gasteiger partial charge in [0, 0.05) is 7.05 Å². The number of aryl methyl sites for hydroxylation is 1. The Kier molecular flexibility index (Phi) is 5.14. The van der Waals surface area contributed by atoms with Gasteiger partial charge < -0.3 is 9.30 Å². The zero-order valence-electron chi connectivity index (χ0n) is 10.1. The number of rotatable bonds is 6. The van der Waals surface area contributed by atoms with Crippen LogP contribution < -0.4 is 0 Å². The monoisotopic (exact) mass is 257 g/mol. The van der Waals surface area contributed by atoms with Crippen LogP contribution in [0, 0.1) is 6.92 Å². The number of esters is 1. The molecule has 6 nitrogen and oxygen atoms in total. The SMILES string of the molecule is CCOC(=O)CC(=O)CSc1nnc(C)n1C. The molecule has 1 heterocycles. The number of Topliss-reactive ketones (excluding diaryl/α,β-unsaturated/α-hetero) is 1. The number of carbonyl (C=O) groups excluding carboxylic acids is 2. The number of aromatic nitrogens is 3. The maximum Gasteiger partial charge on any atom is 0.313 e. The number of hydrogen-bond acceptors (Lipinski definition) is 6. The molecule has 1 aromatic heterocycles. The summed E-state index contributed by atoms with van der Waals surface area (Å²) in [6, 6.07) is 0. The summed E-state index contributed by atoms with van der Waals surface area (Å²) < 4.78 is 6.48. The molecule has 0 aliphatic rings. The molecule has 0 fully saturated rings. The molecule has 0 spiro atoms. The van der Waals surface area contributed by atoms with Crippen molar-refractivity contribution in [3.8, 4) is 0 Å². The number of ether oxygens (including phenoxy) is 1. The minimum atomic E-state index is -0.479. The summed E-state index contributed by atoms with van der Waals surface area (Å²) in [6.07, 6.45) is -0.183. The van der Waals surface area contributed by atoms with E-state index in [1.165, 1.54) is 11.8 Å². The molecule has 0 unspecified atom stereocenters. The fourth-order valence-corrected chi connectivity index (χ4v) is 1.90. The Balaban J connectivity index is 2.38. The smallest absolute Gasteiger partial charge is 0.313 e. The Hall–Kier alpha value is -1.37. The molecule has 0 N–H and O–H groups in total. The van der Waals surface area contributed by atoms with Crippen molar-refractivity contribution in [1.82, 2.24) is 14.8 Å². The highest BCUT2D eigenvalue weighted by molar-refractivity contribution is 7.99. The molecule has 7 heteroatoms. The normalized spacial score (nSPS) is 10.3. The third kappa shape index (κ3) is 4.18. The van der Waals surface area contributed by atoms with E-state index < -0.39 is 5.97 Å². The van der Waals surface area contributed by atoms with E-state index in [9.17, 15) is 9.59 Å². The molecule has 94 valence electrons. The van der Waals surface area contributed by atoms with Crippen molar-refractivity contribution in [2.45, 2.75) is 25.4 Å². The van der Waals surface area contributed by atoms with Gasteiger partial charge in [0.15, 0.2) is 10.9 Å². The third-order valence-corrected chi connectivity index (χ3v) is 3.14. The Morgan fingerprint density at radius 2 is 2.12 bits per heavy atom. The van der Waals surface area contributed by atoms with Crippen LogP contribution in [-0.4, -0.2) is 38.9 Å². The Morgan fingerprint density at radius 1 is 1.41 bits per heavy atom. The van der Waals surface area contributed by atoms with Crippen molar-refractivity contribution >= 4 is 23.5 Å². The summed E-state index contributed by atoms with van der Waals surface area (Å²) >= 11 is 1.27. The van der Waals surface area contributed by atoms with E-state index >= 15 is 0 Å². The molecule has 0 bridgehead atoms. The predicted molar refractivity (Wildman–Crippen MR) is 62.7 cm³/mol. The molecule has 0 saturated heterocycles. The van der Waals surface area contributed by atoms with Gasteiger partial charge in [0.25, 0.3) is 0 Å². The van der Waals surface area contributed by atoms with Gasteiger partial charge in [-0.15, -0.1) is 10.2 Å². The first kappa shape index (κ1) is 13.7. The van der Waals surface area contributed by atoms with Crippen LogP contribution in [0.15, 0.2) is 5.16 Å². The molecule has 0 radical (unpaired) electrons. The largest absolute Gasteiger partial charge is 0.466 e. The molecule has 0 saturated carbocycles. The van der Waals surface area contributed by atoms with Crippen molar-refractivity contribution in [3.05, 3.63) is 5.82 Å². The summed E-state index contributed by atoms with van der Waals surface area (Å²) in [7, 11) is 1.83. The summed E-state index contributed by atoms with van der Waals surface area (Å²) in [6.45, 7) is 3.83. The summed E-state index contributed by atoms with van der Waals surface area (Å²) in [5.74, 6) is 0.330. The number of hydrogen-bond donors (Lipinski definition) is 0. The summed E-state index contributed by atoms with van der Waals surface area (Å²) in [5.41, 5.74) is 0. The second-order valence-electron chi connectivity index (χ2n) is 3.40. The lowest BCUT2D eigenvalue weighted by atomic mass is 10.3. The van der Waals surface area contributed by atoms with Gasteiger partial charge in [0.2, 0.25) is 0 Å². The zero-order valence-corrected chi connectivity index (χ0v) is 10.9. The molecule has 0 atom stereocenters. The van der Waals surface area contributed by atoms with Crippen LogP contribution in [0.25, 0.3) is 0 Å². The van der Waals surface area contributed by atoms with Crippen LogP contribution in [-0.2, 0) is 21.4 Å². The highest BCUT2D eigenvalue weighted by Gasteiger charge is 2.13. The van der Waals surface area contributed by atoms with E-state index in [0.29, 0.717) is 11.8 Å². The van der Waals surface area contributed by atoms with Gasteiger partial charge in [-0.05, 0) is 13.8 Å². The van der Waals surface area contributed by atoms with Crippen LogP contribution >= 0.6 is 11.8 Å². The second-order valence-corrected chi connectivity index (χ2v) is 4.34. The number of nitrogens with zero attached hydrogens (tertiary/aromatic N) is 3. The maximum atomic E-state index is 11.4. The van der Waals surface area contributed by atoms with Crippen molar-refractivity contribution in [1.29, 1.82) is 0 Å². The van der Waals surface area contributed by atoms with Gasteiger partial charge >= 0.3 is 5.97 Å². The molecule has 0 aromatic carbocycles. The predicted octanol–water partition coefficient (Wildman–Crippen LogP) is 0.738. The van der Waals surface area contributed by atoms with E-state index in [2.05, 4.69) is 10.2 Å². The van der Waals surface area contributed by atoms with Crippen molar-refractivity contribution < 1.29 is 14.3 Å². The lowest BCUT2D eigenvalue weighted by Gasteiger charge is -2.02. The van der Waals surface area contributed by atoms with Gasteiger partial charge in [-0.1, -0.05) is 11.8 Å². The summed E-state index contributed by atoms with van der Waals surface area (Å²) in [5, 5.41) is 8.45. The number of carbonyl (C=O) groups is 2. The molecule has 17 heavy (non-hydrogen) atoms. The lowest BCUT2D eigenvalue weighted by molar-refractivity contribution is -0.145. The van der Waals surface area contributed by atoms with Crippen LogP contribution in [0.4, 0.5) is 0 Å². The van der Waals surface area contributed by atoms with E-state index in [4.69, 9.17) is 4.74 Å². The first-order chi connectivity index (χ1) is 8.04. The van der Waals surface area contributed by atoms with Gasteiger partial charge in [0.05, 0.1) is 12.4 Å². The molecule has 0 aliphatic heterocycles. The molecule has 0 amide bonds. The number of thioether (sulfide) groups is 1. The van der Waals surface area contributed by atoms with Gasteiger partial charge in [0.1, 0.15) is 12.2 Å². The average molecular weight is 257 g/mol. The molecule has 1 rings (SSSR count). The average Bonchev–Trinajstić information content (AvgIpc) is 2.57. The Morgan fingerprint density at radius 3 is 2.65 bits per heavy atom. The quantitative estimate of drug-likeness (QED) is 0.425. The standard InChI is InChI=1S/C10H15N3O3S/c1-4-16-9(15)5-8(14)6-17-10-12-11-7(2)13(10)3/h4-6H2,1-3H3.